The summed E-state index contributed by atoms with van der Waals surface area (Å²) >= 11 is 0. The second-order valence-electron chi connectivity index (χ2n) is 3.20. The summed E-state index contributed by atoms with van der Waals surface area (Å²) in [5, 5.41) is 8.91. The Labute approximate surface area is 89.0 Å². The zero-order chi connectivity index (χ0) is 11.3. The molecule has 80 valence electrons. The molecule has 0 bridgehead atoms. The van der Waals surface area contributed by atoms with Gasteiger partial charge in [0, 0.05) is 5.56 Å². The molecule has 0 amide bonds. The van der Waals surface area contributed by atoms with Gasteiger partial charge in [0.05, 0.1) is 5.92 Å². The van der Waals surface area contributed by atoms with Crippen molar-refractivity contribution in [3.05, 3.63) is 42.5 Å². The fourth-order valence-corrected chi connectivity index (χ4v) is 1.25. The van der Waals surface area contributed by atoms with Crippen LogP contribution in [0, 0.1) is 0 Å². The van der Waals surface area contributed by atoms with Crippen molar-refractivity contribution in [1.82, 2.24) is 0 Å². The van der Waals surface area contributed by atoms with Gasteiger partial charge in [-0.25, -0.2) is 0 Å². The first kappa shape index (κ1) is 11.3. The van der Waals surface area contributed by atoms with Gasteiger partial charge in [0.25, 0.3) is 0 Å². The minimum absolute atomic E-state index is 0.378. The molecule has 0 radical (unpaired) electrons. The standard InChI is InChI=1S/C12H14O3/c1-3-8-15-11-7-5-4-6-10(11)9(2)12(13)14/h3-7,9H,1,8H2,2H3,(H,13,14). The number of rotatable bonds is 5. The average molecular weight is 206 g/mol. The van der Waals surface area contributed by atoms with Crippen LogP contribution in [0.1, 0.15) is 18.4 Å². The normalized spacial score (nSPS) is 11.8. The summed E-state index contributed by atoms with van der Waals surface area (Å²) < 4.78 is 5.38. The highest BCUT2D eigenvalue weighted by atomic mass is 16.5. The Morgan fingerprint density at radius 3 is 2.87 bits per heavy atom. The van der Waals surface area contributed by atoms with E-state index >= 15 is 0 Å². The lowest BCUT2D eigenvalue weighted by Crippen LogP contribution is -2.09. The van der Waals surface area contributed by atoms with Gasteiger partial charge in [-0.15, -0.1) is 0 Å². The fourth-order valence-electron chi connectivity index (χ4n) is 1.25. The summed E-state index contributed by atoms with van der Waals surface area (Å²) in [4.78, 5) is 10.9. The SMILES string of the molecule is C=CCOc1ccccc1C(C)C(=O)O. The lowest BCUT2D eigenvalue weighted by Gasteiger charge is -2.12. The summed E-state index contributed by atoms with van der Waals surface area (Å²) in [6.07, 6.45) is 1.63. The van der Waals surface area contributed by atoms with Gasteiger partial charge in [-0.2, -0.15) is 0 Å². The van der Waals surface area contributed by atoms with Crippen molar-refractivity contribution in [2.45, 2.75) is 12.8 Å². The van der Waals surface area contributed by atoms with Gasteiger partial charge in [0.2, 0.25) is 0 Å². The van der Waals surface area contributed by atoms with E-state index in [-0.39, 0.29) is 0 Å². The maximum absolute atomic E-state index is 10.9. The zero-order valence-electron chi connectivity index (χ0n) is 8.64. The first-order chi connectivity index (χ1) is 7.16. The largest absolute Gasteiger partial charge is 0.489 e. The molecule has 0 aliphatic heterocycles. The number of carboxylic acid groups (broad SMARTS) is 1. The van der Waals surface area contributed by atoms with E-state index in [0.717, 1.165) is 0 Å². The molecule has 0 saturated heterocycles. The van der Waals surface area contributed by atoms with Crippen molar-refractivity contribution >= 4 is 5.97 Å². The molecule has 0 saturated carbocycles. The molecule has 3 nitrogen and oxygen atoms in total. The first-order valence-electron chi connectivity index (χ1n) is 4.72. The fraction of sp³-hybridized carbons (Fsp3) is 0.250. The summed E-state index contributed by atoms with van der Waals surface area (Å²) in [7, 11) is 0. The van der Waals surface area contributed by atoms with Crippen molar-refractivity contribution in [2.24, 2.45) is 0 Å². The van der Waals surface area contributed by atoms with Gasteiger partial charge < -0.3 is 9.84 Å². The Hall–Kier alpha value is -1.77. The van der Waals surface area contributed by atoms with Crippen molar-refractivity contribution in [2.75, 3.05) is 6.61 Å². The Kier molecular flexibility index (Phi) is 3.92. The van der Waals surface area contributed by atoms with Crippen LogP contribution < -0.4 is 4.74 Å². The summed E-state index contributed by atoms with van der Waals surface area (Å²) in [5.41, 5.74) is 0.687. The molecule has 1 N–H and O–H groups in total. The van der Waals surface area contributed by atoms with Crippen LogP contribution in [0.4, 0.5) is 0 Å². The molecule has 15 heavy (non-hydrogen) atoms. The molecule has 0 spiro atoms. The lowest BCUT2D eigenvalue weighted by atomic mass is 10.0. The first-order valence-corrected chi connectivity index (χ1v) is 4.72. The number of carboxylic acids is 1. The minimum Gasteiger partial charge on any atom is -0.489 e. The Morgan fingerprint density at radius 2 is 2.27 bits per heavy atom. The third kappa shape index (κ3) is 2.84. The van der Waals surface area contributed by atoms with E-state index in [1.54, 1.807) is 31.2 Å². The number of hydrogen-bond acceptors (Lipinski definition) is 2. The van der Waals surface area contributed by atoms with E-state index in [9.17, 15) is 4.79 Å². The van der Waals surface area contributed by atoms with Crippen LogP contribution in [0.25, 0.3) is 0 Å². The van der Waals surface area contributed by atoms with Gasteiger partial charge in [0.1, 0.15) is 12.4 Å². The van der Waals surface area contributed by atoms with E-state index < -0.39 is 11.9 Å². The summed E-state index contributed by atoms with van der Waals surface area (Å²) in [5.74, 6) is -0.817. The van der Waals surface area contributed by atoms with Crippen LogP contribution in [0.2, 0.25) is 0 Å². The molecule has 1 unspecified atom stereocenters. The molecule has 3 heteroatoms. The molecule has 0 aliphatic rings. The Balaban J connectivity index is 2.94. The van der Waals surface area contributed by atoms with Crippen molar-refractivity contribution in [3.8, 4) is 5.75 Å². The second kappa shape index (κ2) is 5.20. The maximum Gasteiger partial charge on any atom is 0.310 e. The van der Waals surface area contributed by atoms with Gasteiger partial charge in [-0.3, -0.25) is 4.79 Å². The Morgan fingerprint density at radius 1 is 1.60 bits per heavy atom. The van der Waals surface area contributed by atoms with Crippen LogP contribution in [-0.4, -0.2) is 17.7 Å². The highest BCUT2D eigenvalue weighted by Gasteiger charge is 2.17. The molecule has 0 fully saturated rings. The lowest BCUT2D eigenvalue weighted by molar-refractivity contribution is -0.138. The minimum atomic E-state index is -0.857. The molecule has 0 aromatic heterocycles. The van der Waals surface area contributed by atoms with Crippen molar-refractivity contribution in [3.63, 3.8) is 0 Å². The number of aliphatic carboxylic acids is 1. The molecule has 1 aromatic rings. The third-order valence-corrected chi connectivity index (χ3v) is 2.11. The van der Waals surface area contributed by atoms with Gasteiger partial charge >= 0.3 is 5.97 Å². The number of carbonyl (C=O) groups is 1. The van der Waals surface area contributed by atoms with Gasteiger partial charge in [0.15, 0.2) is 0 Å². The average Bonchev–Trinajstić information content (AvgIpc) is 2.25. The molecular weight excluding hydrogens is 192 g/mol. The zero-order valence-corrected chi connectivity index (χ0v) is 8.64. The predicted octanol–water partition coefficient (Wildman–Crippen LogP) is 2.44. The van der Waals surface area contributed by atoms with Gasteiger partial charge in [-0.1, -0.05) is 30.9 Å². The van der Waals surface area contributed by atoms with Crippen LogP contribution in [0.3, 0.4) is 0 Å². The van der Waals surface area contributed by atoms with E-state index in [2.05, 4.69) is 6.58 Å². The van der Waals surface area contributed by atoms with E-state index in [1.165, 1.54) is 0 Å². The van der Waals surface area contributed by atoms with E-state index in [4.69, 9.17) is 9.84 Å². The molecule has 0 heterocycles. The topological polar surface area (TPSA) is 46.5 Å². The van der Waals surface area contributed by atoms with Gasteiger partial charge in [-0.05, 0) is 13.0 Å². The molecule has 1 atom stereocenters. The van der Waals surface area contributed by atoms with E-state index in [1.807, 2.05) is 6.07 Å². The second-order valence-corrected chi connectivity index (χ2v) is 3.20. The van der Waals surface area contributed by atoms with E-state index in [0.29, 0.717) is 17.9 Å². The smallest absolute Gasteiger partial charge is 0.310 e. The van der Waals surface area contributed by atoms with Crippen LogP contribution in [0.5, 0.6) is 5.75 Å². The number of ether oxygens (including phenoxy) is 1. The molecule has 1 rings (SSSR count). The quantitative estimate of drug-likeness (QED) is 0.752. The number of benzene rings is 1. The van der Waals surface area contributed by atoms with Crippen molar-refractivity contribution < 1.29 is 14.6 Å². The Bertz CT molecular complexity index is 358. The van der Waals surface area contributed by atoms with Crippen LogP contribution in [0.15, 0.2) is 36.9 Å². The third-order valence-electron chi connectivity index (χ3n) is 2.11. The number of hydrogen-bond donors (Lipinski definition) is 1. The summed E-state index contributed by atoms with van der Waals surface area (Å²) in [6, 6.07) is 7.14. The summed E-state index contributed by atoms with van der Waals surface area (Å²) in [6.45, 7) is 5.56. The van der Waals surface area contributed by atoms with Crippen molar-refractivity contribution in [1.29, 1.82) is 0 Å². The maximum atomic E-state index is 10.9. The van der Waals surface area contributed by atoms with Crippen LogP contribution >= 0.6 is 0 Å². The molecular formula is C12H14O3. The molecule has 1 aromatic carbocycles. The number of para-hydroxylation sites is 1. The highest BCUT2D eigenvalue weighted by Crippen LogP contribution is 2.26. The van der Waals surface area contributed by atoms with Crippen LogP contribution in [-0.2, 0) is 4.79 Å². The molecule has 0 aliphatic carbocycles. The predicted molar refractivity (Wildman–Crippen MR) is 58.2 cm³/mol. The monoisotopic (exact) mass is 206 g/mol. The highest BCUT2D eigenvalue weighted by molar-refractivity contribution is 5.76.